The van der Waals surface area contributed by atoms with Crippen molar-refractivity contribution in [2.75, 3.05) is 7.11 Å². The number of rotatable bonds is 5. The van der Waals surface area contributed by atoms with Gasteiger partial charge in [-0.1, -0.05) is 47.5 Å². The molecule has 3 rings (SSSR count). The first-order valence-corrected chi connectivity index (χ1v) is 8.33. The lowest BCUT2D eigenvalue weighted by atomic mass is 10.1. The van der Waals surface area contributed by atoms with Gasteiger partial charge in [0.1, 0.15) is 5.75 Å². The van der Waals surface area contributed by atoms with Crippen LogP contribution in [0.15, 0.2) is 53.2 Å². The molecular formula is C20H18ClNO3. The summed E-state index contributed by atoms with van der Waals surface area (Å²) in [6, 6.07) is 13.5. The van der Waals surface area contributed by atoms with Crippen LogP contribution in [-0.4, -0.2) is 19.0 Å². The minimum absolute atomic E-state index is 0.278. The minimum atomic E-state index is -0.439. The number of cyclic esters (lactones) is 1. The summed E-state index contributed by atoms with van der Waals surface area (Å²) in [5, 5.41) is 0.479. The number of hydrogen-bond acceptors (Lipinski definition) is 4. The first-order valence-electron chi connectivity index (χ1n) is 7.95. The monoisotopic (exact) mass is 355 g/mol. The van der Waals surface area contributed by atoms with Gasteiger partial charge in [-0.05, 0) is 42.7 Å². The Morgan fingerprint density at radius 2 is 2.04 bits per heavy atom. The van der Waals surface area contributed by atoms with Crippen LogP contribution in [0.4, 0.5) is 0 Å². The minimum Gasteiger partial charge on any atom is -0.495 e. The summed E-state index contributed by atoms with van der Waals surface area (Å²) >= 11 is 6.10. The smallest absolute Gasteiger partial charge is 0.363 e. The Morgan fingerprint density at radius 1 is 1.20 bits per heavy atom. The number of methoxy groups -OCH3 is 1. The highest BCUT2D eigenvalue weighted by Gasteiger charge is 2.22. The molecule has 0 radical (unpaired) electrons. The van der Waals surface area contributed by atoms with Crippen LogP contribution in [0, 0.1) is 6.92 Å². The van der Waals surface area contributed by atoms with Crippen molar-refractivity contribution >= 4 is 29.5 Å². The van der Waals surface area contributed by atoms with E-state index in [0.717, 1.165) is 12.0 Å². The molecule has 0 unspecified atom stereocenters. The molecule has 0 fully saturated rings. The molecule has 0 spiro atoms. The van der Waals surface area contributed by atoms with Crippen LogP contribution in [-0.2, 0) is 16.0 Å². The second kappa shape index (κ2) is 7.53. The van der Waals surface area contributed by atoms with Crippen LogP contribution >= 0.6 is 11.6 Å². The summed E-state index contributed by atoms with van der Waals surface area (Å²) in [5.41, 5.74) is 3.44. The van der Waals surface area contributed by atoms with Crippen LogP contribution < -0.4 is 4.74 Å². The maximum absolute atomic E-state index is 12.0. The molecule has 0 atom stereocenters. The maximum Gasteiger partial charge on any atom is 0.363 e. The standard InChI is InChI=1S/C20H18ClNO3/c1-13-4-3-5-14(10-13)7-9-19-22-17(20(23)25-19)12-15-6-8-18(24-2)16(21)11-15/h3-6,8,10-12H,7,9H2,1-2H3/b17-12+. The Hall–Kier alpha value is -2.59. The van der Waals surface area contributed by atoms with Gasteiger partial charge in [0.25, 0.3) is 0 Å². The highest BCUT2D eigenvalue weighted by molar-refractivity contribution is 6.32. The van der Waals surface area contributed by atoms with Gasteiger partial charge in [-0.3, -0.25) is 0 Å². The van der Waals surface area contributed by atoms with Gasteiger partial charge in [-0.15, -0.1) is 0 Å². The molecule has 1 heterocycles. The van der Waals surface area contributed by atoms with Gasteiger partial charge in [0, 0.05) is 6.42 Å². The van der Waals surface area contributed by atoms with Crippen molar-refractivity contribution < 1.29 is 14.3 Å². The van der Waals surface area contributed by atoms with E-state index in [1.807, 2.05) is 12.1 Å². The van der Waals surface area contributed by atoms with E-state index in [1.54, 1.807) is 25.3 Å². The van der Waals surface area contributed by atoms with Gasteiger partial charge in [0.05, 0.1) is 12.1 Å². The number of benzene rings is 2. The molecule has 2 aromatic rings. The van der Waals surface area contributed by atoms with Crippen molar-refractivity contribution in [2.45, 2.75) is 19.8 Å². The molecule has 128 valence electrons. The molecule has 0 N–H and O–H groups in total. The molecular weight excluding hydrogens is 338 g/mol. The normalized spacial score (nSPS) is 15.2. The zero-order valence-corrected chi connectivity index (χ0v) is 14.8. The molecule has 4 nitrogen and oxygen atoms in total. The first-order chi connectivity index (χ1) is 12.0. The number of hydrogen-bond donors (Lipinski definition) is 0. The van der Waals surface area contributed by atoms with Crippen molar-refractivity contribution in [2.24, 2.45) is 4.99 Å². The highest BCUT2D eigenvalue weighted by Crippen LogP contribution is 2.27. The molecule has 0 amide bonds. The third kappa shape index (κ3) is 4.28. The summed E-state index contributed by atoms with van der Waals surface area (Å²) < 4.78 is 10.4. The summed E-state index contributed by atoms with van der Waals surface area (Å²) in [6.45, 7) is 2.05. The van der Waals surface area contributed by atoms with E-state index in [2.05, 4.69) is 30.1 Å². The zero-order valence-electron chi connectivity index (χ0n) is 14.1. The molecule has 0 saturated heterocycles. The second-order valence-corrected chi connectivity index (χ2v) is 6.21. The van der Waals surface area contributed by atoms with E-state index < -0.39 is 5.97 Å². The van der Waals surface area contributed by atoms with Crippen molar-refractivity contribution in [3.63, 3.8) is 0 Å². The quantitative estimate of drug-likeness (QED) is 0.582. The molecule has 0 aliphatic carbocycles. The molecule has 2 aromatic carbocycles. The fourth-order valence-electron chi connectivity index (χ4n) is 2.61. The number of aryl methyl sites for hydroxylation is 2. The molecule has 1 aliphatic rings. The van der Waals surface area contributed by atoms with Gasteiger partial charge in [-0.2, -0.15) is 0 Å². The third-order valence-electron chi connectivity index (χ3n) is 3.85. The fraction of sp³-hybridized carbons (Fsp3) is 0.200. The largest absolute Gasteiger partial charge is 0.495 e. The van der Waals surface area contributed by atoms with E-state index in [4.69, 9.17) is 21.1 Å². The van der Waals surface area contributed by atoms with Gasteiger partial charge < -0.3 is 9.47 Å². The number of ether oxygens (including phenoxy) is 2. The van der Waals surface area contributed by atoms with Crippen LogP contribution in [0.5, 0.6) is 5.75 Å². The average molecular weight is 356 g/mol. The Kier molecular flexibility index (Phi) is 5.19. The zero-order chi connectivity index (χ0) is 17.8. The van der Waals surface area contributed by atoms with Gasteiger partial charge in [-0.25, -0.2) is 9.79 Å². The van der Waals surface area contributed by atoms with E-state index >= 15 is 0 Å². The van der Waals surface area contributed by atoms with Crippen molar-refractivity contribution in [1.29, 1.82) is 0 Å². The molecule has 0 bridgehead atoms. The number of halogens is 1. The number of esters is 1. The SMILES string of the molecule is COc1ccc(/C=C2/N=C(CCc3cccc(C)c3)OC2=O)cc1Cl. The third-order valence-corrected chi connectivity index (χ3v) is 4.15. The van der Waals surface area contributed by atoms with Crippen LogP contribution in [0.1, 0.15) is 23.1 Å². The predicted octanol–water partition coefficient (Wildman–Crippen LogP) is 4.59. The van der Waals surface area contributed by atoms with Crippen LogP contribution in [0.25, 0.3) is 6.08 Å². The summed E-state index contributed by atoms with van der Waals surface area (Å²) in [6.07, 6.45) is 3.01. The molecule has 0 aromatic heterocycles. The number of carbonyl (C=O) groups excluding carboxylic acids is 1. The Balaban J connectivity index is 1.72. The lowest BCUT2D eigenvalue weighted by Gasteiger charge is -2.03. The van der Waals surface area contributed by atoms with Crippen LogP contribution in [0.3, 0.4) is 0 Å². The van der Waals surface area contributed by atoms with E-state index in [9.17, 15) is 4.79 Å². The van der Waals surface area contributed by atoms with E-state index in [-0.39, 0.29) is 5.70 Å². The van der Waals surface area contributed by atoms with Crippen molar-refractivity contribution in [3.05, 3.63) is 69.9 Å². The topological polar surface area (TPSA) is 47.9 Å². The number of aliphatic imine (C=N–C) groups is 1. The first kappa shape index (κ1) is 17.2. The van der Waals surface area contributed by atoms with Crippen molar-refractivity contribution in [3.8, 4) is 5.75 Å². The lowest BCUT2D eigenvalue weighted by Crippen LogP contribution is -2.05. The van der Waals surface area contributed by atoms with Gasteiger partial charge in [0.15, 0.2) is 11.6 Å². The highest BCUT2D eigenvalue weighted by atomic mass is 35.5. The number of carbonyl (C=O) groups is 1. The molecule has 0 saturated carbocycles. The second-order valence-electron chi connectivity index (χ2n) is 5.81. The van der Waals surface area contributed by atoms with Gasteiger partial charge in [0.2, 0.25) is 0 Å². The molecule has 5 heteroatoms. The summed E-state index contributed by atoms with van der Waals surface area (Å²) in [4.78, 5) is 16.3. The molecule has 1 aliphatic heterocycles. The predicted molar refractivity (Wildman–Crippen MR) is 99.0 cm³/mol. The average Bonchev–Trinajstić information content (AvgIpc) is 2.93. The summed E-state index contributed by atoms with van der Waals surface area (Å²) in [7, 11) is 1.55. The fourth-order valence-corrected chi connectivity index (χ4v) is 2.88. The Bertz CT molecular complexity index is 871. The van der Waals surface area contributed by atoms with Crippen LogP contribution in [0.2, 0.25) is 5.02 Å². The van der Waals surface area contributed by atoms with E-state index in [0.29, 0.717) is 23.1 Å². The van der Waals surface area contributed by atoms with E-state index in [1.165, 1.54) is 11.1 Å². The molecule has 25 heavy (non-hydrogen) atoms. The summed E-state index contributed by atoms with van der Waals surface area (Å²) in [5.74, 6) is 0.587. The Morgan fingerprint density at radius 3 is 2.76 bits per heavy atom. The maximum atomic E-state index is 12.0. The lowest BCUT2D eigenvalue weighted by molar-refractivity contribution is -0.130. The van der Waals surface area contributed by atoms with Crippen molar-refractivity contribution in [1.82, 2.24) is 0 Å². The van der Waals surface area contributed by atoms with Gasteiger partial charge >= 0.3 is 5.97 Å². The number of nitrogens with zero attached hydrogens (tertiary/aromatic N) is 1. The Labute approximate surface area is 151 Å².